The summed E-state index contributed by atoms with van der Waals surface area (Å²) in [5, 5.41) is 12.8. The first-order chi connectivity index (χ1) is 13.3. The summed E-state index contributed by atoms with van der Waals surface area (Å²) in [7, 11) is 0. The highest BCUT2D eigenvalue weighted by Crippen LogP contribution is 2.25. The molecule has 0 saturated heterocycles. The van der Waals surface area contributed by atoms with Gasteiger partial charge in [0.05, 0.1) is 18.4 Å². The number of rotatable bonds is 6. The van der Waals surface area contributed by atoms with Crippen molar-refractivity contribution in [3.63, 3.8) is 0 Å². The molecule has 144 valence electrons. The number of nitrogens with one attached hydrogen (secondary N) is 1. The number of ketones is 1. The quantitative estimate of drug-likeness (QED) is 0.500. The number of esters is 1. The fourth-order valence-corrected chi connectivity index (χ4v) is 2.79. The highest BCUT2D eigenvalue weighted by Gasteiger charge is 2.21. The summed E-state index contributed by atoms with van der Waals surface area (Å²) in [6.07, 6.45) is 0.285. The molecule has 2 N–H and O–H groups in total. The number of furan rings is 1. The molecule has 0 fully saturated rings. The summed E-state index contributed by atoms with van der Waals surface area (Å²) < 4.78 is 10.5. The van der Waals surface area contributed by atoms with Crippen molar-refractivity contribution in [1.82, 2.24) is 0 Å². The number of Topliss-reactive ketones (excluding diaryl/α,β-unsaturated/α-hetero) is 1. The first-order valence-corrected chi connectivity index (χ1v) is 8.64. The molecule has 0 spiro atoms. The Hall–Kier alpha value is -3.61. The number of hydrogen-bond acceptors (Lipinski definition) is 6. The minimum absolute atomic E-state index is 0.0621. The summed E-state index contributed by atoms with van der Waals surface area (Å²) >= 11 is 0. The number of amides is 1. The minimum atomic E-state index is -1.05. The summed E-state index contributed by atoms with van der Waals surface area (Å²) in [5.41, 5.74) is 1.79. The lowest BCUT2D eigenvalue weighted by Crippen LogP contribution is -2.31. The van der Waals surface area contributed by atoms with Crippen LogP contribution in [0.3, 0.4) is 0 Å². The van der Waals surface area contributed by atoms with Crippen LogP contribution in [0, 0.1) is 0 Å². The largest absolute Gasteiger partial charge is 0.508 e. The monoisotopic (exact) mass is 381 g/mol. The van der Waals surface area contributed by atoms with E-state index < -0.39 is 18.0 Å². The zero-order valence-corrected chi connectivity index (χ0v) is 15.4. The molecule has 1 atom stereocenters. The zero-order chi connectivity index (χ0) is 20.3. The predicted octanol–water partition coefficient (Wildman–Crippen LogP) is 3.45. The van der Waals surface area contributed by atoms with E-state index in [0.29, 0.717) is 27.8 Å². The average molecular weight is 381 g/mol. The van der Waals surface area contributed by atoms with Crippen LogP contribution in [-0.2, 0) is 20.7 Å². The van der Waals surface area contributed by atoms with Crippen LogP contribution >= 0.6 is 0 Å². The van der Waals surface area contributed by atoms with Crippen molar-refractivity contribution in [1.29, 1.82) is 0 Å². The number of fused-ring (bicyclic) bond motifs is 1. The van der Waals surface area contributed by atoms with Crippen molar-refractivity contribution in [2.75, 3.05) is 5.32 Å². The normalized spacial score (nSPS) is 11.8. The van der Waals surface area contributed by atoms with Gasteiger partial charge in [0.15, 0.2) is 11.9 Å². The number of aromatic hydroxyl groups is 1. The molecule has 3 rings (SSSR count). The zero-order valence-electron chi connectivity index (χ0n) is 15.4. The van der Waals surface area contributed by atoms with Crippen LogP contribution in [0.4, 0.5) is 5.69 Å². The van der Waals surface area contributed by atoms with E-state index in [4.69, 9.17) is 9.15 Å². The summed E-state index contributed by atoms with van der Waals surface area (Å²) in [6.45, 7) is 2.86. The summed E-state index contributed by atoms with van der Waals surface area (Å²) in [5.74, 6) is -1.26. The Balaban J connectivity index is 1.63. The van der Waals surface area contributed by atoms with E-state index in [1.54, 1.807) is 30.3 Å². The van der Waals surface area contributed by atoms with Crippen molar-refractivity contribution < 1.29 is 28.6 Å². The Kier molecular flexibility index (Phi) is 5.44. The third-order valence-corrected chi connectivity index (χ3v) is 4.22. The van der Waals surface area contributed by atoms with Gasteiger partial charge in [0.1, 0.15) is 11.3 Å². The van der Waals surface area contributed by atoms with Crippen molar-refractivity contribution >= 4 is 34.3 Å². The van der Waals surface area contributed by atoms with Gasteiger partial charge in [0, 0.05) is 22.6 Å². The SMILES string of the molecule is CC(=O)c1ccccc1NC(=O)[C@@H](C)OC(=O)Cc1coc2cc(O)ccc12. The Morgan fingerprint density at radius 3 is 2.68 bits per heavy atom. The maximum atomic E-state index is 12.3. The van der Waals surface area contributed by atoms with Crippen LogP contribution in [-0.4, -0.2) is 28.9 Å². The second-order valence-electron chi connectivity index (χ2n) is 6.34. The number of anilines is 1. The second-order valence-corrected chi connectivity index (χ2v) is 6.34. The van der Waals surface area contributed by atoms with E-state index in [1.165, 1.54) is 32.2 Å². The fraction of sp³-hybridized carbons (Fsp3) is 0.190. The fourth-order valence-electron chi connectivity index (χ4n) is 2.79. The van der Waals surface area contributed by atoms with Gasteiger partial charge in [-0.2, -0.15) is 0 Å². The standard InChI is InChI=1S/C21H19NO6/c1-12(23)16-5-3-4-6-18(16)22-21(26)13(2)28-20(25)9-14-11-27-19-10-15(24)7-8-17(14)19/h3-8,10-11,13,24H,9H2,1-2H3,(H,22,26)/t13-/m1/s1. The van der Waals surface area contributed by atoms with Crippen LogP contribution < -0.4 is 5.32 Å². The van der Waals surface area contributed by atoms with E-state index in [2.05, 4.69) is 5.32 Å². The van der Waals surface area contributed by atoms with Crippen LogP contribution in [0.2, 0.25) is 0 Å². The molecule has 3 aromatic rings. The number of hydrogen-bond donors (Lipinski definition) is 2. The Labute approximate surface area is 160 Å². The highest BCUT2D eigenvalue weighted by atomic mass is 16.5. The van der Waals surface area contributed by atoms with E-state index in [-0.39, 0.29) is 18.0 Å². The first kappa shape index (κ1) is 19.2. The molecule has 0 unspecified atom stereocenters. The van der Waals surface area contributed by atoms with Crippen molar-refractivity contribution in [3.8, 4) is 5.75 Å². The number of phenols is 1. The van der Waals surface area contributed by atoms with Gasteiger partial charge in [-0.1, -0.05) is 12.1 Å². The molecule has 0 bridgehead atoms. The minimum Gasteiger partial charge on any atom is -0.508 e. The highest BCUT2D eigenvalue weighted by molar-refractivity contribution is 6.04. The summed E-state index contributed by atoms with van der Waals surface area (Å²) in [4.78, 5) is 36.2. The molecule has 28 heavy (non-hydrogen) atoms. The molecule has 0 aliphatic rings. The number of phenolic OH excluding ortho intramolecular Hbond substituents is 1. The molecular formula is C21H19NO6. The number of carbonyl (C=O) groups is 3. The van der Waals surface area contributed by atoms with Crippen LogP contribution in [0.25, 0.3) is 11.0 Å². The van der Waals surface area contributed by atoms with Gasteiger partial charge in [-0.3, -0.25) is 14.4 Å². The van der Waals surface area contributed by atoms with Gasteiger partial charge in [0.2, 0.25) is 0 Å². The Morgan fingerprint density at radius 2 is 1.93 bits per heavy atom. The smallest absolute Gasteiger partial charge is 0.311 e. The second kappa shape index (κ2) is 7.96. The molecular weight excluding hydrogens is 362 g/mol. The van der Waals surface area contributed by atoms with Gasteiger partial charge in [-0.25, -0.2) is 0 Å². The molecule has 0 radical (unpaired) electrons. The molecule has 0 aliphatic carbocycles. The van der Waals surface area contributed by atoms with Gasteiger partial charge < -0.3 is 19.6 Å². The van der Waals surface area contributed by atoms with E-state index >= 15 is 0 Å². The third-order valence-electron chi connectivity index (χ3n) is 4.22. The predicted molar refractivity (Wildman–Crippen MR) is 102 cm³/mol. The van der Waals surface area contributed by atoms with Crippen LogP contribution in [0.1, 0.15) is 29.8 Å². The average Bonchev–Trinajstić information content (AvgIpc) is 3.03. The molecule has 1 aromatic heterocycles. The molecule has 0 aliphatic heterocycles. The Bertz CT molecular complexity index is 1050. The van der Waals surface area contributed by atoms with Crippen molar-refractivity contribution in [2.24, 2.45) is 0 Å². The molecule has 1 heterocycles. The lowest BCUT2D eigenvalue weighted by molar-refractivity contribution is -0.152. The van der Waals surface area contributed by atoms with Gasteiger partial charge in [0.25, 0.3) is 5.91 Å². The third kappa shape index (κ3) is 4.20. The molecule has 0 saturated carbocycles. The van der Waals surface area contributed by atoms with Crippen molar-refractivity contribution in [2.45, 2.75) is 26.4 Å². The number of benzene rings is 2. The molecule has 2 aromatic carbocycles. The summed E-state index contributed by atoms with van der Waals surface area (Å²) in [6, 6.07) is 11.2. The topological polar surface area (TPSA) is 106 Å². The van der Waals surface area contributed by atoms with E-state index in [9.17, 15) is 19.5 Å². The maximum Gasteiger partial charge on any atom is 0.311 e. The van der Waals surface area contributed by atoms with E-state index in [0.717, 1.165) is 0 Å². The van der Waals surface area contributed by atoms with Crippen LogP contribution in [0.15, 0.2) is 53.1 Å². The van der Waals surface area contributed by atoms with Crippen molar-refractivity contribution in [3.05, 3.63) is 59.9 Å². The Morgan fingerprint density at radius 1 is 1.18 bits per heavy atom. The van der Waals surface area contributed by atoms with Gasteiger partial charge >= 0.3 is 5.97 Å². The first-order valence-electron chi connectivity index (χ1n) is 8.64. The molecule has 7 nitrogen and oxygen atoms in total. The molecule has 7 heteroatoms. The number of ether oxygens (including phenoxy) is 1. The lowest BCUT2D eigenvalue weighted by Gasteiger charge is -2.14. The number of carbonyl (C=O) groups excluding carboxylic acids is 3. The van der Waals surface area contributed by atoms with E-state index in [1.807, 2.05) is 0 Å². The molecule has 1 amide bonds. The maximum absolute atomic E-state index is 12.3. The lowest BCUT2D eigenvalue weighted by atomic mass is 10.1. The van der Waals surface area contributed by atoms with Gasteiger partial charge in [-0.05, 0) is 38.1 Å². The number of para-hydroxylation sites is 1. The van der Waals surface area contributed by atoms with Gasteiger partial charge in [-0.15, -0.1) is 0 Å². The van der Waals surface area contributed by atoms with Crippen LogP contribution in [0.5, 0.6) is 5.75 Å².